The van der Waals surface area contributed by atoms with Crippen LogP contribution >= 0.6 is 12.4 Å². The molecular weight excluding hydrogens is 344 g/mol. The van der Waals surface area contributed by atoms with E-state index in [1.807, 2.05) is 48.5 Å². The smallest absolute Gasteiger partial charge is 0.159 e. The Bertz CT molecular complexity index is 840. The van der Waals surface area contributed by atoms with Gasteiger partial charge in [0.1, 0.15) is 12.4 Å². The first-order chi connectivity index (χ1) is 11.7. The maximum Gasteiger partial charge on any atom is 0.159 e. The lowest BCUT2D eigenvalue weighted by molar-refractivity contribution is 0.307. The summed E-state index contributed by atoms with van der Waals surface area (Å²) in [5, 5.41) is 0. The largest absolute Gasteiger partial charge is 0.488 e. The van der Waals surface area contributed by atoms with Crippen LogP contribution < -0.4 is 10.5 Å². The zero-order valence-electron chi connectivity index (χ0n) is 13.4. The molecule has 0 saturated heterocycles. The molecule has 0 aromatic heterocycles. The fourth-order valence-electron chi connectivity index (χ4n) is 2.45. The third-order valence-corrected chi connectivity index (χ3v) is 3.75. The molecule has 0 heterocycles. The van der Waals surface area contributed by atoms with Crippen molar-refractivity contribution < 1.29 is 13.5 Å². The van der Waals surface area contributed by atoms with E-state index in [0.717, 1.165) is 17.2 Å². The van der Waals surface area contributed by atoms with E-state index in [1.54, 1.807) is 0 Å². The molecule has 5 heteroatoms. The van der Waals surface area contributed by atoms with Gasteiger partial charge in [-0.2, -0.15) is 0 Å². The van der Waals surface area contributed by atoms with Crippen molar-refractivity contribution in [3.05, 3.63) is 89.5 Å². The van der Waals surface area contributed by atoms with Gasteiger partial charge in [-0.25, -0.2) is 8.78 Å². The zero-order valence-corrected chi connectivity index (χ0v) is 14.2. The van der Waals surface area contributed by atoms with Crippen molar-refractivity contribution in [2.24, 2.45) is 5.73 Å². The molecule has 0 radical (unpaired) electrons. The van der Waals surface area contributed by atoms with Crippen molar-refractivity contribution in [2.75, 3.05) is 0 Å². The highest BCUT2D eigenvalue weighted by molar-refractivity contribution is 5.85. The Balaban J connectivity index is 0.00000225. The summed E-state index contributed by atoms with van der Waals surface area (Å²) in [6.45, 7) is 0.755. The zero-order chi connectivity index (χ0) is 16.9. The Morgan fingerprint density at radius 3 is 2.24 bits per heavy atom. The summed E-state index contributed by atoms with van der Waals surface area (Å²) in [6.07, 6.45) is 0. The molecule has 0 aliphatic rings. The van der Waals surface area contributed by atoms with Crippen LogP contribution in [-0.4, -0.2) is 0 Å². The Kier molecular flexibility index (Phi) is 6.51. The number of hydrogen-bond acceptors (Lipinski definition) is 2. The van der Waals surface area contributed by atoms with E-state index in [4.69, 9.17) is 10.5 Å². The average Bonchev–Trinajstić information content (AvgIpc) is 2.63. The predicted molar refractivity (Wildman–Crippen MR) is 97.7 cm³/mol. The van der Waals surface area contributed by atoms with Gasteiger partial charge in [0.05, 0.1) is 0 Å². The van der Waals surface area contributed by atoms with Gasteiger partial charge in [0.2, 0.25) is 0 Å². The van der Waals surface area contributed by atoms with Gasteiger partial charge in [-0.1, -0.05) is 48.5 Å². The summed E-state index contributed by atoms with van der Waals surface area (Å²) in [5.41, 5.74) is 8.87. The van der Waals surface area contributed by atoms with Crippen LogP contribution in [0.25, 0.3) is 11.1 Å². The van der Waals surface area contributed by atoms with Crippen molar-refractivity contribution in [1.29, 1.82) is 0 Å². The summed E-state index contributed by atoms with van der Waals surface area (Å²) < 4.78 is 32.7. The monoisotopic (exact) mass is 361 g/mol. The summed E-state index contributed by atoms with van der Waals surface area (Å²) >= 11 is 0. The van der Waals surface area contributed by atoms with Gasteiger partial charge in [-0.05, 0) is 34.9 Å². The van der Waals surface area contributed by atoms with Gasteiger partial charge >= 0.3 is 0 Å². The van der Waals surface area contributed by atoms with Crippen LogP contribution in [0.5, 0.6) is 5.75 Å². The molecule has 0 unspecified atom stereocenters. The molecule has 2 nitrogen and oxygen atoms in total. The molecule has 0 atom stereocenters. The molecule has 0 fully saturated rings. The van der Waals surface area contributed by atoms with Crippen LogP contribution in [0.2, 0.25) is 0 Å². The first-order valence-corrected chi connectivity index (χ1v) is 7.62. The molecule has 3 aromatic rings. The van der Waals surface area contributed by atoms with Crippen molar-refractivity contribution in [2.45, 2.75) is 13.2 Å². The van der Waals surface area contributed by atoms with E-state index in [-0.39, 0.29) is 12.4 Å². The van der Waals surface area contributed by atoms with Crippen LogP contribution in [-0.2, 0) is 13.2 Å². The Hall–Kier alpha value is -2.43. The molecule has 2 N–H and O–H groups in total. The van der Waals surface area contributed by atoms with Crippen LogP contribution in [0, 0.1) is 11.6 Å². The first-order valence-electron chi connectivity index (χ1n) is 7.62. The molecule has 0 aliphatic carbocycles. The van der Waals surface area contributed by atoms with E-state index in [9.17, 15) is 8.78 Å². The lowest BCUT2D eigenvalue weighted by Crippen LogP contribution is -2.01. The van der Waals surface area contributed by atoms with Gasteiger partial charge in [0.25, 0.3) is 0 Å². The number of ether oxygens (including phenoxy) is 1. The highest BCUT2D eigenvalue weighted by Gasteiger charge is 2.11. The highest BCUT2D eigenvalue weighted by Crippen LogP contribution is 2.32. The Morgan fingerprint density at radius 1 is 0.800 bits per heavy atom. The van der Waals surface area contributed by atoms with Gasteiger partial charge in [0.15, 0.2) is 11.6 Å². The van der Waals surface area contributed by atoms with Crippen LogP contribution in [0.15, 0.2) is 66.7 Å². The second-order valence-electron chi connectivity index (χ2n) is 5.44. The lowest BCUT2D eigenvalue weighted by Gasteiger charge is -2.14. The molecule has 0 amide bonds. The van der Waals surface area contributed by atoms with E-state index in [2.05, 4.69) is 0 Å². The fraction of sp³-hybridized carbons (Fsp3) is 0.100. The van der Waals surface area contributed by atoms with Crippen molar-refractivity contribution in [1.82, 2.24) is 0 Å². The van der Waals surface area contributed by atoms with Crippen molar-refractivity contribution in [3.63, 3.8) is 0 Å². The van der Waals surface area contributed by atoms with Gasteiger partial charge in [-0.15, -0.1) is 12.4 Å². The molecule has 0 spiro atoms. The molecule has 0 aliphatic heterocycles. The normalized spacial score (nSPS) is 10.2. The minimum absolute atomic E-state index is 0. The molecule has 130 valence electrons. The number of rotatable bonds is 5. The van der Waals surface area contributed by atoms with Crippen molar-refractivity contribution in [3.8, 4) is 16.9 Å². The minimum atomic E-state index is -0.885. The number of benzene rings is 3. The summed E-state index contributed by atoms with van der Waals surface area (Å²) in [5.74, 6) is -1.17. The van der Waals surface area contributed by atoms with Crippen LogP contribution in [0.3, 0.4) is 0 Å². The molecule has 25 heavy (non-hydrogen) atoms. The summed E-state index contributed by atoms with van der Waals surface area (Å²) in [7, 11) is 0. The molecular formula is C20H18ClF2NO. The maximum atomic E-state index is 13.6. The van der Waals surface area contributed by atoms with Crippen LogP contribution in [0.4, 0.5) is 8.78 Å². The third-order valence-electron chi connectivity index (χ3n) is 3.75. The first kappa shape index (κ1) is 18.9. The van der Waals surface area contributed by atoms with Gasteiger partial charge in [-0.3, -0.25) is 0 Å². The van der Waals surface area contributed by atoms with Crippen LogP contribution in [0.1, 0.15) is 11.1 Å². The SMILES string of the molecule is Cl.NCc1ccc(-c2ccc(F)c(F)c2)c(OCc2ccccc2)c1. The number of hydrogen-bond donors (Lipinski definition) is 1. The second-order valence-corrected chi connectivity index (χ2v) is 5.44. The van der Waals surface area contributed by atoms with Gasteiger partial charge < -0.3 is 10.5 Å². The van der Waals surface area contributed by atoms with E-state index < -0.39 is 11.6 Å². The fourth-order valence-corrected chi connectivity index (χ4v) is 2.45. The number of halogens is 3. The van der Waals surface area contributed by atoms with E-state index in [0.29, 0.717) is 30.0 Å². The van der Waals surface area contributed by atoms with E-state index >= 15 is 0 Å². The summed E-state index contributed by atoms with van der Waals surface area (Å²) in [6, 6.07) is 19.0. The molecule has 0 saturated carbocycles. The number of nitrogens with two attached hydrogens (primary N) is 1. The molecule has 3 aromatic carbocycles. The minimum Gasteiger partial charge on any atom is -0.488 e. The predicted octanol–water partition coefficient (Wildman–Crippen LogP) is 5.09. The molecule has 0 bridgehead atoms. The lowest BCUT2D eigenvalue weighted by atomic mass is 10.0. The standard InChI is InChI=1S/C20H17F2NO.ClH/c21-18-9-7-16(11-19(18)22)17-8-6-15(12-23)10-20(17)24-13-14-4-2-1-3-5-14;/h1-11H,12-13,23H2;1H. The third kappa shape index (κ3) is 4.56. The quantitative estimate of drug-likeness (QED) is 0.686. The Morgan fingerprint density at radius 2 is 1.56 bits per heavy atom. The Labute approximate surface area is 151 Å². The van der Waals surface area contributed by atoms with Gasteiger partial charge in [0, 0.05) is 12.1 Å². The summed E-state index contributed by atoms with van der Waals surface area (Å²) in [4.78, 5) is 0. The van der Waals surface area contributed by atoms with Crippen molar-refractivity contribution >= 4 is 12.4 Å². The molecule has 3 rings (SSSR count). The van der Waals surface area contributed by atoms with E-state index in [1.165, 1.54) is 12.1 Å². The average molecular weight is 362 g/mol. The topological polar surface area (TPSA) is 35.2 Å². The second kappa shape index (κ2) is 8.60. The maximum absolute atomic E-state index is 13.6. The highest BCUT2D eigenvalue weighted by atomic mass is 35.5.